The zero-order chi connectivity index (χ0) is 11.1. The molecule has 0 saturated carbocycles. The molecule has 88 valence electrons. The molecule has 0 spiro atoms. The van der Waals surface area contributed by atoms with Crippen LogP contribution in [0.5, 0.6) is 0 Å². The van der Waals surface area contributed by atoms with Crippen LogP contribution in [0, 0.1) is 5.92 Å². The average molecular weight is 214 g/mol. The molecule has 1 fully saturated rings. The molecule has 1 unspecified atom stereocenters. The second-order valence-electron chi connectivity index (χ2n) is 4.25. The fourth-order valence-electron chi connectivity index (χ4n) is 1.87. The number of aliphatic hydroxyl groups excluding tert-OH is 1. The van der Waals surface area contributed by atoms with Crippen LogP contribution in [0.25, 0.3) is 0 Å². The van der Waals surface area contributed by atoms with E-state index in [9.17, 15) is 4.79 Å². The largest absolute Gasteiger partial charge is 0.394 e. The maximum Gasteiger partial charge on any atom is 0.220 e. The highest BCUT2D eigenvalue weighted by Crippen LogP contribution is 2.13. The Morgan fingerprint density at radius 2 is 2.47 bits per heavy atom. The fourth-order valence-corrected chi connectivity index (χ4v) is 1.87. The Bertz CT molecular complexity index is 187. The molecule has 4 heteroatoms. The van der Waals surface area contributed by atoms with Gasteiger partial charge >= 0.3 is 0 Å². The highest BCUT2D eigenvalue weighted by molar-refractivity contribution is 5.76. The number of carbonyl (C=O) groups excluding carboxylic acids is 1. The second-order valence-corrected chi connectivity index (χ2v) is 4.25. The lowest BCUT2D eigenvalue weighted by atomic mass is 10.0. The molecule has 1 aliphatic heterocycles. The van der Waals surface area contributed by atoms with Crippen LogP contribution in [-0.2, 0) is 4.79 Å². The molecule has 0 aromatic heterocycles. The molecule has 2 atom stereocenters. The summed E-state index contributed by atoms with van der Waals surface area (Å²) in [5, 5.41) is 15.0. The van der Waals surface area contributed by atoms with Crippen molar-refractivity contribution in [2.75, 3.05) is 19.7 Å². The minimum Gasteiger partial charge on any atom is -0.394 e. The number of rotatable bonds is 6. The maximum absolute atomic E-state index is 11.5. The molecule has 1 aliphatic rings. The van der Waals surface area contributed by atoms with Gasteiger partial charge in [-0.3, -0.25) is 4.79 Å². The van der Waals surface area contributed by atoms with E-state index >= 15 is 0 Å². The molecule has 1 rings (SSSR count). The van der Waals surface area contributed by atoms with Crippen LogP contribution in [0.4, 0.5) is 0 Å². The van der Waals surface area contributed by atoms with Crippen molar-refractivity contribution in [3.63, 3.8) is 0 Å². The zero-order valence-corrected chi connectivity index (χ0v) is 9.46. The minimum absolute atomic E-state index is 0.0349. The van der Waals surface area contributed by atoms with Crippen molar-refractivity contribution in [3.8, 4) is 0 Å². The van der Waals surface area contributed by atoms with Crippen LogP contribution in [0.1, 0.15) is 32.6 Å². The van der Waals surface area contributed by atoms with Crippen LogP contribution >= 0.6 is 0 Å². The summed E-state index contributed by atoms with van der Waals surface area (Å²) in [5.41, 5.74) is 0. The predicted octanol–water partition coefficient (Wildman–Crippen LogP) is 0.263. The molecule has 0 aliphatic carbocycles. The van der Waals surface area contributed by atoms with E-state index in [4.69, 9.17) is 5.11 Å². The van der Waals surface area contributed by atoms with Crippen molar-refractivity contribution in [2.45, 2.75) is 38.6 Å². The lowest BCUT2D eigenvalue weighted by Crippen LogP contribution is -2.37. The molecule has 0 aromatic rings. The standard InChI is InChI=1S/C11H22N2O2/c1-2-10(8-14)13-11(15)4-3-9-5-6-12-7-9/h9-10,12,14H,2-8H2,1H3,(H,13,15)/t9?,10-/m0/s1. The van der Waals surface area contributed by atoms with E-state index in [0.29, 0.717) is 12.3 Å². The Kier molecular flexibility index (Phi) is 5.65. The van der Waals surface area contributed by atoms with Gasteiger partial charge in [0.15, 0.2) is 0 Å². The van der Waals surface area contributed by atoms with Crippen molar-refractivity contribution >= 4 is 5.91 Å². The average Bonchev–Trinajstić information content (AvgIpc) is 2.75. The third-order valence-electron chi connectivity index (χ3n) is 3.02. The highest BCUT2D eigenvalue weighted by Gasteiger charge is 2.16. The third-order valence-corrected chi connectivity index (χ3v) is 3.02. The Balaban J connectivity index is 2.11. The van der Waals surface area contributed by atoms with Gasteiger partial charge in [-0.15, -0.1) is 0 Å². The van der Waals surface area contributed by atoms with Crippen molar-refractivity contribution in [1.82, 2.24) is 10.6 Å². The van der Waals surface area contributed by atoms with Gasteiger partial charge in [0.2, 0.25) is 5.91 Å². The van der Waals surface area contributed by atoms with Crippen LogP contribution < -0.4 is 10.6 Å². The van der Waals surface area contributed by atoms with Crippen LogP contribution in [0.3, 0.4) is 0 Å². The lowest BCUT2D eigenvalue weighted by molar-refractivity contribution is -0.122. The molecule has 1 saturated heterocycles. The molecule has 4 nitrogen and oxygen atoms in total. The van der Waals surface area contributed by atoms with Gasteiger partial charge in [0, 0.05) is 6.42 Å². The van der Waals surface area contributed by atoms with E-state index in [2.05, 4.69) is 10.6 Å². The summed E-state index contributed by atoms with van der Waals surface area (Å²) in [5.74, 6) is 0.729. The Labute approximate surface area is 91.4 Å². The first-order valence-corrected chi connectivity index (χ1v) is 5.87. The molecule has 1 heterocycles. The lowest BCUT2D eigenvalue weighted by Gasteiger charge is -2.14. The van der Waals surface area contributed by atoms with Crippen molar-refractivity contribution in [2.24, 2.45) is 5.92 Å². The second kappa shape index (κ2) is 6.80. The summed E-state index contributed by atoms with van der Waals surface area (Å²) < 4.78 is 0. The molecule has 0 radical (unpaired) electrons. The molecule has 3 N–H and O–H groups in total. The van der Waals surface area contributed by atoms with Gasteiger partial charge in [-0.05, 0) is 38.3 Å². The summed E-state index contributed by atoms with van der Waals surface area (Å²) >= 11 is 0. The molecule has 15 heavy (non-hydrogen) atoms. The van der Waals surface area contributed by atoms with Crippen molar-refractivity contribution in [3.05, 3.63) is 0 Å². The summed E-state index contributed by atoms with van der Waals surface area (Å²) in [6, 6.07) is -0.0702. The summed E-state index contributed by atoms with van der Waals surface area (Å²) in [6.45, 7) is 4.13. The predicted molar refractivity (Wildman–Crippen MR) is 59.5 cm³/mol. The highest BCUT2D eigenvalue weighted by atomic mass is 16.3. The van der Waals surface area contributed by atoms with E-state index < -0.39 is 0 Å². The molecule has 0 bridgehead atoms. The summed E-state index contributed by atoms with van der Waals surface area (Å²) in [7, 11) is 0. The van der Waals surface area contributed by atoms with Gasteiger partial charge < -0.3 is 15.7 Å². The van der Waals surface area contributed by atoms with Gasteiger partial charge in [-0.2, -0.15) is 0 Å². The topological polar surface area (TPSA) is 61.4 Å². The van der Waals surface area contributed by atoms with E-state index in [0.717, 1.165) is 25.9 Å². The van der Waals surface area contributed by atoms with Gasteiger partial charge in [0.05, 0.1) is 12.6 Å². The number of nitrogens with one attached hydrogen (secondary N) is 2. The van der Waals surface area contributed by atoms with Gasteiger partial charge in [0.25, 0.3) is 0 Å². The van der Waals surface area contributed by atoms with Crippen molar-refractivity contribution in [1.29, 1.82) is 0 Å². The van der Waals surface area contributed by atoms with Crippen LogP contribution in [-0.4, -0.2) is 36.8 Å². The Morgan fingerprint density at radius 1 is 1.67 bits per heavy atom. The van der Waals surface area contributed by atoms with Gasteiger partial charge in [0.1, 0.15) is 0 Å². The number of hydrogen-bond acceptors (Lipinski definition) is 3. The quantitative estimate of drug-likeness (QED) is 0.594. The van der Waals surface area contributed by atoms with Gasteiger partial charge in [-0.1, -0.05) is 6.92 Å². The number of hydrogen-bond donors (Lipinski definition) is 3. The molecule has 0 aromatic carbocycles. The molecular formula is C11H22N2O2. The summed E-state index contributed by atoms with van der Waals surface area (Å²) in [6.07, 6.45) is 3.52. The molecule has 1 amide bonds. The number of aliphatic hydroxyl groups is 1. The van der Waals surface area contributed by atoms with Crippen LogP contribution in [0.2, 0.25) is 0 Å². The first-order valence-electron chi connectivity index (χ1n) is 5.87. The maximum atomic E-state index is 11.5. The minimum atomic E-state index is -0.0702. The van der Waals surface area contributed by atoms with Gasteiger partial charge in [-0.25, -0.2) is 0 Å². The summed E-state index contributed by atoms with van der Waals surface area (Å²) in [4.78, 5) is 11.5. The normalized spacial score (nSPS) is 22.7. The van der Waals surface area contributed by atoms with E-state index in [1.165, 1.54) is 6.42 Å². The SMILES string of the molecule is CC[C@@H](CO)NC(=O)CCC1CCNC1. The monoisotopic (exact) mass is 214 g/mol. The molecular weight excluding hydrogens is 192 g/mol. The van der Waals surface area contributed by atoms with E-state index in [1.807, 2.05) is 6.92 Å². The third kappa shape index (κ3) is 4.62. The van der Waals surface area contributed by atoms with E-state index in [-0.39, 0.29) is 18.6 Å². The smallest absolute Gasteiger partial charge is 0.220 e. The Morgan fingerprint density at radius 3 is 3.00 bits per heavy atom. The fraction of sp³-hybridized carbons (Fsp3) is 0.909. The van der Waals surface area contributed by atoms with E-state index in [1.54, 1.807) is 0 Å². The zero-order valence-electron chi connectivity index (χ0n) is 9.46. The number of carbonyl (C=O) groups is 1. The first-order chi connectivity index (χ1) is 7.26. The van der Waals surface area contributed by atoms with Crippen LogP contribution in [0.15, 0.2) is 0 Å². The number of amides is 1. The first kappa shape index (κ1) is 12.5. The Hall–Kier alpha value is -0.610. The van der Waals surface area contributed by atoms with Crippen molar-refractivity contribution < 1.29 is 9.90 Å².